The second kappa shape index (κ2) is 6.60. The summed E-state index contributed by atoms with van der Waals surface area (Å²) in [6.45, 7) is 12.1. The molecule has 0 amide bonds. The molecule has 5 nitrogen and oxygen atoms in total. The quantitative estimate of drug-likeness (QED) is 0.920. The van der Waals surface area contributed by atoms with Gasteiger partial charge in [0.2, 0.25) is 0 Å². The zero-order chi connectivity index (χ0) is 15.5. The average molecular weight is 292 g/mol. The molecule has 0 bridgehead atoms. The van der Waals surface area contributed by atoms with Gasteiger partial charge in [0.05, 0.1) is 0 Å². The molecule has 1 aromatic rings. The van der Waals surface area contributed by atoms with Gasteiger partial charge in [-0.3, -0.25) is 4.79 Å². The third kappa shape index (κ3) is 3.84. The van der Waals surface area contributed by atoms with Crippen molar-refractivity contribution in [1.82, 2.24) is 14.9 Å². The first kappa shape index (κ1) is 16.0. The minimum atomic E-state index is -0.222. The molecule has 5 heteroatoms. The van der Waals surface area contributed by atoms with Crippen molar-refractivity contribution >= 4 is 5.82 Å². The molecule has 0 radical (unpaired) electrons. The third-order valence-corrected chi connectivity index (χ3v) is 4.10. The van der Waals surface area contributed by atoms with E-state index in [4.69, 9.17) is 0 Å². The summed E-state index contributed by atoms with van der Waals surface area (Å²) in [5.41, 5.74) is -0.212. The predicted octanol–water partition coefficient (Wildman–Crippen LogP) is 1.82. The second-order valence-electron chi connectivity index (χ2n) is 6.85. The summed E-state index contributed by atoms with van der Waals surface area (Å²) in [5.74, 6) is 1.18. The molecule has 1 saturated heterocycles. The summed E-state index contributed by atoms with van der Waals surface area (Å²) >= 11 is 0. The smallest absolute Gasteiger partial charge is 0.293 e. The van der Waals surface area contributed by atoms with Crippen molar-refractivity contribution < 1.29 is 0 Å². The van der Waals surface area contributed by atoms with Gasteiger partial charge in [0.15, 0.2) is 5.82 Å². The predicted molar refractivity (Wildman–Crippen MR) is 87.0 cm³/mol. The molecule has 1 atom stereocenters. The van der Waals surface area contributed by atoms with E-state index < -0.39 is 0 Å². The normalized spacial score (nSPS) is 19.5. The van der Waals surface area contributed by atoms with Gasteiger partial charge in [-0.15, -0.1) is 0 Å². The summed E-state index contributed by atoms with van der Waals surface area (Å²) in [4.78, 5) is 19.2. The van der Waals surface area contributed by atoms with Crippen LogP contribution in [0.3, 0.4) is 0 Å². The number of nitrogens with one attached hydrogen (secondary N) is 1. The zero-order valence-corrected chi connectivity index (χ0v) is 13.7. The maximum atomic E-state index is 12.7. The molecule has 1 unspecified atom stereocenters. The maximum Gasteiger partial charge on any atom is 0.293 e. The number of hydrogen-bond acceptors (Lipinski definition) is 4. The van der Waals surface area contributed by atoms with Crippen LogP contribution in [-0.4, -0.2) is 35.7 Å². The molecule has 0 aliphatic carbocycles. The van der Waals surface area contributed by atoms with E-state index in [1.165, 1.54) is 12.8 Å². The van der Waals surface area contributed by atoms with E-state index in [0.717, 1.165) is 26.2 Å². The SMILES string of the molecule is CCN(CC1CCCNC1)c1nccn(C(C)(C)C)c1=O. The van der Waals surface area contributed by atoms with Crippen LogP contribution in [0.15, 0.2) is 17.2 Å². The summed E-state index contributed by atoms with van der Waals surface area (Å²) < 4.78 is 1.77. The number of aromatic nitrogens is 2. The van der Waals surface area contributed by atoms with Crippen LogP contribution in [0.2, 0.25) is 0 Å². The van der Waals surface area contributed by atoms with Gasteiger partial charge < -0.3 is 14.8 Å². The van der Waals surface area contributed by atoms with E-state index in [-0.39, 0.29) is 11.1 Å². The van der Waals surface area contributed by atoms with Crippen LogP contribution in [-0.2, 0) is 5.54 Å². The summed E-state index contributed by atoms with van der Waals surface area (Å²) in [7, 11) is 0. The molecule has 1 N–H and O–H groups in total. The van der Waals surface area contributed by atoms with E-state index in [2.05, 4.69) is 22.1 Å². The Morgan fingerprint density at radius 3 is 2.81 bits per heavy atom. The summed E-state index contributed by atoms with van der Waals surface area (Å²) in [6.07, 6.45) is 5.96. The highest BCUT2D eigenvalue weighted by molar-refractivity contribution is 5.35. The largest absolute Gasteiger partial charge is 0.352 e. The van der Waals surface area contributed by atoms with Gasteiger partial charge >= 0.3 is 0 Å². The van der Waals surface area contributed by atoms with Crippen molar-refractivity contribution in [3.63, 3.8) is 0 Å². The van der Waals surface area contributed by atoms with Crippen molar-refractivity contribution in [3.05, 3.63) is 22.7 Å². The number of anilines is 1. The molecule has 0 saturated carbocycles. The highest BCUT2D eigenvalue weighted by atomic mass is 16.1. The molecule has 1 aliphatic rings. The zero-order valence-electron chi connectivity index (χ0n) is 13.7. The topological polar surface area (TPSA) is 50.2 Å². The molecule has 1 aliphatic heterocycles. The lowest BCUT2D eigenvalue weighted by Crippen LogP contribution is -2.43. The Bertz CT molecular complexity index is 512. The Hall–Kier alpha value is -1.36. The van der Waals surface area contributed by atoms with Gasteiger partial charge in [0.25, 0.3) is 5.56 Å². The van der Waals surface area contributed by atoms with Gasteiger partial charge in [-0.25, -0.2) is 4.98 Å². The Kier molecular flexibility index (Phi) is 5.04. The third-order valence-electron chi connectivity index (χ3n) is 4.10. The molecule has 2 rings (SSSR count). The summed E-state index contributed by atoms with van der Waals surface area (Å²) in [6, 6.07) is 0. The molecule has 1 aromatic heterocycles. The fourth-order valence-corrected chi connectivity index (χ4v) is 2.90. The van der Waals surface area contributed by atoms with Crippen molar-refractivity contribution in [2.75, 3.05) is 31.1 Å². The highest BCUT2D eigenvalue weighted by Crippen LogP contribution is 2.16. The van der Waals surface area contributed by atoms with Crippen LogP contribution in [0.4, 0.5) is 5.82 Å². The fourth-order valence-electron chi connectivity index (χ4n) is 2.90. The molecule has 1 fully saturated rings. The first-order chi connectivity index (χ1) is 9.93. The molecular formula is C16H28N4O. The molecule has 0 spiro atoms. The molecule has 21 heavy (non-hydrogen) atoms. The van der Waals surface area contributed by atoms with Crippen LogP contribution in [0.25, 0.3) is 0 Å². The molecule has 2 heterocycles. The van der Waals surface area contributed by atoms with Crippen LogP contribution in [0.5, 0.6) is 0 Å². The highest BCUT2D eigenvalue weighted by Gasteiger charge is 2.22. The lowest BCUT2D eigenvalue weighted by atomic mass is 9.99. The lowest BCUT2D eigenvalue weighted by molar-refractivity contribution is 0.370. The first-order valence-corrected chi connectivity index (χ1v) is 7.97. The lowest BCUT2D eigenvalue weighted by Gasteiger charge is -2.31. The molecule has 118 valence electrons. The van der Waals surface area contributed by atoms with Gasteiger partial charge in [-0.05, 0) is 59.5 Å². The second-order valence-corrected chi connectivity index (χ2v) is 6.85. The van der Waals surface area contributed by atoms with E-state index in [9.17, 15) is 4.79 Å². The summed E-state index contributed by atoms with van der Waals surface area (Å²) in [5, 5.41) is 3.44. The standard InChI is InChI=1S/C16H28N4O/c1-5-19(12-13-7-6-8-17-11-13)14-15(21)20(10-9-18-14)16(2,3)4/h9-10,13,17H,5-8,11-12H2,1-4H3. The monoisotopic (exact) mass is 292 g/mol. The van der Waals surface area contributed by atoms with Gasteiger partial charge in [0, 0.05) is 31.0 Å². The van der Waals surface area contributed by atoms with Gasteiger partial charge in [-0.1, -0.05) is 0 Å². The Balaban J connectivity index is 2.23. The minimum Gasteiger partial charge on any atom is -0.352 e. The Labute approximate surface area is 127 Å². The number of nitrogens with zero attached hydrogens (tertiary/aromatic N) is 3. The molecule has 0 aromatic carbocycles. The number of piperidine rings is 1. The van der Waals surface area contributed by atoms with Gasteiger partial charge in [-0.2, -0.15) is 0 Å². The van der Waals surface area contributed by atoms with Crippen molar-refractivity contribution in [2.45, 2.75) is 46.1 Å². The van der Waals surface area contributed by atoms with Crippen LogP contribution in [0.1, 0.15) is 40.5 Å². The van der Waals surface area contributed by atoms with Crippen molar-refractivity contribution in [2.24, 2.45) is 5.92 Å². The Morgan fingerprint density at radius 2 is 2.24 bits per heavy atom. The Morgan fingerprint density at radius 1 is 1.48 bits per heavy atom. The van der Waals surface area contributed by atoms with Crippen molar-refractivity contribution in [3.8, 4) is 0 Å². The van der Waals surface area contributed by atoms with Crippen LogP contribution >= 0.6 is 0 Å². The molecular weight excluding hydrogens is 264 g/mol. The first-order valence-electron chi connectivity index (χ1n) is 7.97. The number of hydrogen-bond donors (Lipinski definition) is 1. The van der Waals surface area contributed by atoms with E-state index >= 15 is 0 Å². The fraction of sp³-hybridized carbons (Fsp3) is 0.750. The van der Waals surface area contributed by atoms with E-state index in [1.807, 2.05) is 20.8 Å². The van der Waals surface area contributed by atoms with E-state index in [0.29, 0.717) is 11.7 Å². The number of rotatable bonds is 4. The van der Waals surface area contributed by atoms with Crippen LogP contribution in [0, 0.1) is 5.92 Å². The average Bonchev–Trinajstić information content (AvgIpc) is 2.45. The maximum absolute atomic E-state index is 12.7. The van der Waals surface area contributed by atoms with Crippen LogP contribution < -0.4 is 15.8 Å². The van der Waals surface area contributed by atoms with E-state index in [1.54, 1.807) is 17.0 Å². The van der Waals surface area contributed by atoms with Crippen molar-refractivity contribution in [1.29, 1.82) is 0 Å². The minimum absolute atomic E-state index is 0.00983. The van der Waals surface area contributed by atoms with Gasteiger partial charge in [0.1, 0.15) is 0 Å².